The molecule has 0 bridgehead atoms. The molecular formula is C12H22N2O. The molecule has 2 heterocycles. The van der Waals surface area contributed by atoms with Crippen molar-refractivity contribution in [2.45, 2.75) is 38.1 Å². The van der Waals surface area contributed by atoms with Crippen molar-refractivity contribution in [1.29, 1.82) is 0 Å². The fourth-order valence-corrected chi connectivity index (χ4v) is 2.79. The molecule has 2 fully saturated rings. The van der Waals surface area contributed by atoms with Gasteiger partial charge in [0.1, 0.15) is 5.78 Å². The minimum Gasteiger partial charge on any atom is -0.305 e. The number of hydrogen-bond donors (Lipinski definition) is 0. The quantitative estimate of drug-likeness (QED) is 0.648. The smallest absolute Gasteiger partial charge is 0.134 e. The molecule has 0 amide bonds. The van der Waals surface area contributed by atoms with Gasteiger partial charge in [-0.25, -0.2) is 0 Å². The Bertz CT molecular complexity index is 230. The Labute approximate surface area is 92.4 Å². The summed E-state index contributed by atoms with van der Waals surface area (Å²) in [5.74, 6) is 0.460. The number of likely N-dealkylation sites (N-methyl/N-ethyl adjacent to an activating group) is 1. The van der Waals surface area contributed by atoms with E-state index in [-0.39, 0.29) is 0 Å². The molecule has 0 aromatic rings. The molecule has 0 aromatic carbocycles. The van der Waals surface area contributed by atoms with Crippen molar-refractivity contribution in [3.8, 4) is 0 Å². The van der Waals surface area contributed by atoms with Crippen LogP contribution in [0.25, 0.3) is 0 Å². The number of piperidine rings is 1. The third-order valence-electron chi connectivity index (χ3n) is 3.69. The number of carbonyl (C=O) groups is 1. The fourth-order valence-electron chi connectivity index (χ4n) is 2.79. The highest BCUT2D eigenvalue weighted by atomic mass is 16.1. The predicted molar refractivity (Wildman–Crippen MR) is 61.0 cm³/mol. The van der Waals surface area contributed by atoms with Crippen molar-refractivity contribution < 1.29 is 4.79 Å². The van der Waals surface area contributed by atoms with Crippen molar-refractivity contribution in [3.05, 3.63) is 0 Å². The summed E-state index contributed by atoms with van der Waals surface area (Å²) in [6.45, 7) is 4.55. The van der Waals surface area contributed by atoms with Gasteiger partial charge in [0.15, 0.2) is 0 Å². The van der Waals surface area contributed by atoms with Crippen molar-refractivity contribution in [2.75, 3.05) is 33.2 Å². The number of Topliss-reactive ketones (excluding diaryl/α,β-unsaturated/α-hetero) is 1. The van der Waals surface area contributed by atoms with Gasteiger partial charge in [0.05, 0.1) is 0 Å². The third-order valence-corrected chi connectivity index (χ3v) is 3.69. The molecule has 0 saturated carbocycles. The van der Waals surface area contributed by atoms with E-state index in [1.807, 2.05) is 0 Å². The molecule has 2 saturated heterocycles. The Hall–Kier alpha value is -0.410. The number of rotatable bonds is 1. The van der Waals surface area contributed by atoms with Gasteiger partial charge in [0.25, 0.3) is 0 Å². The van der Waals surface area contributed by atoms with E-state index in [0.29, 0.717) is 11.8 Å². The minimum atomic E-state index is 0.460. The maximum atomic E-state index is 11.3. The predicted octanol–water partition coefficient (Wildman–Crippen LogP) is 1.14. The molecule has 15 heavy (non-hydrogen) atoms. The molecule has 0 aliphatic carbocycles. The highest BCUT2D eigenvalue weighted by molar-refractivity contribution is 5.78. The summed E-state index contributed by atoms with van der Waals surface area (Å²) < 4.78 is 0. The van der Waals surface area contributed by atoms with Gasteiger partial charge in [-0.2, -0.15) is 0 Å². The van der Waals surface area contributed by atoms with Crippen LogP contribution in [0.2, 0.25) is 0 Å². The summed E-state index contributed by atoms with van der Waals surface area (Å²) in [6, 6.07) is 0.703. The molecule has 3 heteroatoms. The highest BCUT2D eigenvalue weighted by Crippen LogP contribution is 2.18. The van der Waals surface area contributed by atoms with Gasteiger partial charge in [-0.3, -0.25) is 9.69 Å². The zero-order valence-electron chi connectivity index (χ0n) is 9.74. The maximum Gasteiger partial charge on any atom is 0.134 e. The van der Waals surface area contributed by atoms with Gasteiger partial charge < -0.3 is 4.90 Å². The third kappa shape index (κ3) is 3.02. The number of nitrogens with zero attached hydrogens (tertiary/aromatic N) is 2. The van der Waals surface area contributed by atoms with E-state index in [4.69, 9.17) is 0 Å². The van der Waals surface area contributed by atoms with E-state index in [1.54, 1.807) is 0 Å². The van der Waals surface area contributed by atoms with Gasteiger partial charge in [0, 0.05) is 32.0 Å². The SMILES string of the molecule is CN1CCCC(N2CCCC(=O)CC2)C1. The van der Waals surface area contributed by atoms with Crippen LogP contribution in [0.5, 0.6) is 0 Å². The minimum absolute atomic E-state index is 0.460. The number of carbonyl (C=O) groups excluding carboxylic acids is 1. The molecular weight excluding hydrogens is 188 g/mol. The first-order chi connectivity index (χ1) is 7.25. The summed E-state index contributed by atoms with van der Waals surface area (Å²) in [6.07, 6.45) is 5.28. The van der Waals surface area contributed by atoms with Crippen LogP contribution in [0.1, 0.15) is 32.1 Å². The second-order valence-electron chi connectivity index (χ2n) is 4.99. The summed E-state index contributed by atoms with van der Waals surface area (Å²) >= 11 is 0. The Morgan fingerprint density at radius 3 is 2.80 bits per heavy atom. The lowest BCUT2D eigenvalue weighted by molar-refractivity contribution is -0.118. The van der Waals surface area contributed by atoms with Gasteiger partial charge >= 0.3 is 0 Å². The van der Waals surface area contributed by atoms with Gasteiger partial charge in [-0.05, 0) is 39.4 Å². The van der Waals surface area contributed by atoms with Crippen LogP contribution in [-0.4, -0.2) is 54.9 Å². The highest BCUT2D eigenvalue weighted by Gasteiger charge is 2.25. The first-order valence-corrected chi connectivity index (χ1v) is 6.20. The van der Waals surface area contributed by atoms with Crippen LogP contribution < -0.4 is 0 Å². The lowest BCUT2D eigenvalue weighted by atomic mass is 10.0. The normalized spacial score (nSPS) is 31.5. The summed E-state index contributed by atoms with van der Waals surface area (Å²) in [7, 11) is 2.20. The van der Waals surface area contributed by atoms with Gasteiger partial charge in [-0.1, -0.05) is 0 Å². The van der Waals surface area contributed by atoms with Gasteiger partial charge in [0.2, 0.25) is 0 Å². The lowest BCUT2D eigenvalue weighted by Gasteiger charge is -2.37. The van der Waals surface area contributed by atoms with Crippen molar-refractivity contribution in [1.82, 2.24) is 9.80 Å². The first kappa shape index (κ1) is 11.1. The molecule has 86 valence electrons. The Balaban J connectivity index is 1.88. The second kappa shape index (κ2) is 5.08. The Morgan fingerprint density at radius 1 is 1.13 bits per heavy atom. The summed E-state index contributed by atoms with van der Waals surface area (Å²) in [5, 5.41) is 0. The van der Waals surface area contributed by atoms with E-state index >= 15 is 0 Å². The standard InChI is InChI=1S/C12H22N2O/c1-13-7-2-4-11(10-13)14-8-3-5-12(15)6-9-14/h11H,2-10H2,1H3. The largest absolute Gasteiger partial charge is 0.305 e. The van der Waals surface area contributed by atoms with E-state index < -0.39 is 0 Å². The zero-order chi connectivity index (χ0) is 10.7. The molecule has 3 nitrogen and oxygen atoms in total. The molecule has 0 aromatic heterocycles. The van der Waals surface area contributed by atoms with E-state index in [1.165, 1.54) is 25.9 Å². The molecule has 2 rings (SSSR count). The number of ketones is 1. The van der Waals surface area contributed by atoms with E-state index in [2.05, 4.69) is 16.8 Å². The topological polar surface area (TPSA) is 23.6 Å². The summed E-state index contributed by atoms with van der Waals surface area (Å²) in [4.78, 5) is 16.3. The molecule has 1 atom stereocenters. The summed E-state index contributed by atoms with van der Waals surface area (Å²) in [5.41, 5.74) is 0. The van der Waals surface area contributed by atoms with Gasteiger partial charge in [-0.15, -0.1) is 0 Å². The number of hydrogen-bond acceptors (Lipinski definition) is 3. The average Bonchev–Trinajstić information content (AvgIpc) is 2.43. The monoisotopic (exact) mass is 210 g/mol. The molecule has 1 unspecified atom stereocenters. The van der Waals surface area contributed by atoms with Crippen LogP contribution in [0.4, 0.5) is 0 Å². The average molecular weight is 210 g/mol. The Kier molecular flexibility index (Phi) is 3.76. The lowest BCUT2D eigenvalue weighted by Crippen LogP contribution is -2.47. The number of likely N-dealkylation sites (tertiary alicyclic amines) is 2. The molecule has 0 N–H and O–H groups in total. The van der Waals surface area contributed by atoms with Crippen LogP contribution in [0, 0.1) is 0 Å². The van der Waals surface area contributed by atoms with Crippen molar-refractivity contribution in [3.63, 3.8) is 0 Å². The molecule has 0 radical (unpaired) electrons. The van der Waals surface area contributed by atoms with Crippen molar-refractivity contribution in [2.24, 2.45) is 0 Å². The van der Waals surface area contributed by atoms with E-state index in [9.17, 15) is 4.79 Å². The van der Waals surface area contributed by atoms with Crippen LogP contribution in [-0.2, 0) is 4.79 Å². The Morgan fingerprint density at radius 2 is 2.00 bits per heavy atom. The van der Waals surface area contributed by atoms with Crippen LogP contribution in [0.3, 0.4) is 0 Å². The zero-order valence-corrected chi connectivity index (χ0v) is 9.74. The second-order valence-corrected chi connectivity index (χ2v) is 4.99. The van der Waals surface area contributed by atoms with Crippen LogP contribution >= 0.6 is 0 Å². The fraction of sp³-hybridized carbons (Fsp3) is 0.917. The van der Waals surface area contributed by atoms with Crippen molar-refractivity contribution >= 4 is 5.78 Å². The first-order valence-electron chi connectivity index (χ1n) is 6.20. The van der Waals surface area contributed by atoms with Crippen LogP contribution in [0.15, 0.2) is 0 Å². The molecule has 0 spiro atoms. The van der Waals surface area contributed by atoms with E-state index in [0.717, 1.165) is 32.4 Å². The molecule has 2 aliphatic rings. The maximum absolute atomic E-state index is 11.3. The molecule has 2 aliphatic heterocycles.